The predicted octanol–water partition coefficient (Wildman–Crippen LogP) is 1.46. The van der Waals surface area contributed by atoms with E-state index in [1.807, 2.05) is 4.90 Å². The minimum atomic E-state index is -0.463. The van der Waals surface area contributed by atoms with Crippen molar-refractivity contribution in [3.05, 3.63) is 18.3 Å². The van der Waals surface area contributed by atoms with E-state index >= 15 is 0 Å². The molecule has 0 aromatic carbocycles. The van der Waals surface area contributed by atoms with E-state index in [4.69, 9.17) is 0 Å². The van der Waals surface area contributed by atoms with Crippen LogP contribution in [0.15, 0.2) is 12.4 Å². The Morgan fingerprint density at radius 2 is 2.08 bits per heavy atom. The van der Waals surface area contributed by atoms with Gasteiger partial charge in [0, 0.05) is 19.2 Å². The topological polar surface area (TPSA) is 29.0 Å². The zero-order chi connectivity index (χ0) is 9.47. The highest BCUT2D eigenvalue weighted by Gasteiger charge is 2.34. The highest BCUT2D eigenvalue weighted by atomic mass is 19.1. The molecule has 2 rings (SSSR count). The van der Waals surface area contributed by atoms with Gasteiger partial charge >= 0.3 is 0 Å². The Morgan fingerprint density at radius 1 is 1.38 bits per heavy atom. The molecule has 3 nitrogen and oxygen atoms in total. The van der Waals surface area contributed by atoms with Gasteiger partial charge in [-0.25, -0.2) is 9.97 Å². The van der Waals surface area contributed by atoms with Crippen molar-refractivity contribution >= 4 is 5.82 Å². The summed E-state index contributed by atoms with van der Waals surface area (Å²) >= 11 is 0. The van der Waals surface area contributed by atoms with Crippen molar-refractivity contribution < 1.29 is 4.39 Å². The Morgan fingerprint density at radius 3 is 2.62 bits per heavy atom. The number of halogens is 1. The van der Waals surface area contributed by atoms with E-state index in [0.29, 0.717) is 11.2 Å². The van der Waals surface area contributed by atoms with Crippen LogP contribution < -0.4 is 4.90 Å². The molecule has 0 N–H and O–H groups in total. The normalized spacial score (nSPS) is 19.8. The van der Waals surface area contributed by atoms with Crippen LogP contribution in [0.4, 0.5) is 10.2 Å². The van der Waals surface area contributed by atoms with E-state index in [0.717, 1.165) is 13.1 Å². The maximum Gasteiger partial charge on any atom is 0.218 e. The number of aromatic nitrogens is 2. The van der Waals surface area contributed by atoms with Crippen LogP contribution in [0, 0.1) is 11.4 Å². The summed E-state index contributed by atoms with van der Waals surface area (Å²) in [6.07, 6.45) is 1.26. The van der Waals surface area contributed by atoms with E-state index in [1.165, 1.54) is 12.4 Å². The van der Waals surface area contributed by atoms with Gasteiger partial charge in [0.05, 0.1) is 0 Å². The monoisotopic (exact) mass is 181 g/mol. The lowest BCUT2D eigenvalue weighted by atomic mass is 9.84. The fourth-order valence-corrected chi connectivity index (χ4v) is 1.65. The second kappa shape index (κ2) is 2.65. The van der Waals surface area contributed by atoms with Crippen molar-refractivity contribution in [2.75, 3.05) is 18.0 Å². The van der Waals surface area contributed by atoms with Crippen molar-refractivity contribution in [2.45, 2.75) is 13.8 Å². The molecule has 4 heteroatoms. The molecule has 1 aliphatic heterocycles. The molecule has 2 heterocycles. The second-order valence-electron chi connectivity index (χ2n) is 4.22. The summed E-state index contributed by atoms with van der Waals surface area (Å²) in [5.41, 5.74) is 0.335. The van der Waals surface area contributed by atoms with Gasteiger partial charge in [-0.05, 0) is 5.41 Å². The fourth-order valence-electron chi connectivity index (χ4n) is 1.65. The van der Waals surface area contributed by atoms with Gasteiger partial charge in [-0.3, -0.25) is 0 Å². The van der Waals surface area contributed by atoms with Gasteiger partial charge in [-0.15, -0.1) is 0 Å². The van der Waals surface area contributed by atoms with E-state index in [1.54, 1.807) is 0 Å². The van der Waals surface area contributed by atoms with Crippen LogP contribution in [-0.4, -0.2) is 23.1 Å². The summed E-state index contributed by atoms with van der Waals surface area (Å²) in [7, 11) is 0. The zero-order valence-corrected chi connectivity index (χ0v) is 7.79. The average molecular weight is 181 g/mol. The largest absolute Gasteiger partial charge is 0.355 e. The summed E-state index contributed by atoms with van der Waals surface area (Å²) in [4.78, 5) is 9.46. The van der Waals surface area contributed by atoms with Crippen LogP contribution in [0.25, 0.3) is 0 Å². The first-order valence-corrected chi connectivity index (χ1v) is 4.29. The number of anilines is 1. The number of nitrogens with zero attached hydrogens (tertiary/aromatic N) is 3. The molecular weight excluding hydrogens is 169 g/mol. The highest BCUT2D eigenvalue weighted by Crippen LogP contribution is 2.31. The maximum atomic E-state index is 12.7. The summed E-state index contributed by atoms with van der Waals surface area (Å²) in [6, 6.07) is 1.37. The highest BCUT2D eigenvalue weighted by molar-refractivity contribution is 5.41. The molecule has 70 valence electrons. The lowest BCUT2D eigenvalue weighted by Gasteiger charge is -2.46. The third-order valence-corrected chi connectivity index (χ3v) is 2.18. The molecule has 0 saturated carbocycles. The fraction of sp³-hybridized carbons (Fsp3) is 0.556. The molecule has 0 radical (unpaired) electrons. The van der Waals surface area contributed by atoms with E-state index < -0.39 is 5.95 Å². The summed E-state index contributed by atoms with van der Waals surface area (Å²) in [5.74, 6) is 0.224. The summed E-state index contributed by atoms with van der Waals surface area (Å²) in [5, 5.41) is 0. The standard InChI is InChI=1S/C9H12FN3/c1-9(2)4-13(5-9)8-3-7(10)11-6-12-8/h3,6H,4-5H2,1-2H3. The van der Waals surface area contributed by atoms with Crippen molar-refractivity contribution in [1.82, 2.24) is 9.97 Å². The van der Waals surface area contributed by atoms with Gasteiger partial charge in [0.1, 0.15) is 12.1 Å². The smallest absolute Gasteiger partial charge is 0.218 e. The van der Waals surface area contributed by atoms with Crippen LogP contribution in [-0.2, 0) is 0 Å². The SMILES string of the molecule is CC1(C)CN(c2cc(F)ncn2)C1. The Hall–Kier alpha value is -1.19. The zero-order valence-electron chi connectivity index (χ0n) is 7.79. The lowest BCUT2D eigenvalue weighted by Crippen LogP contribution is -2.53. The average Bonchev–Trinajstić information content (AvgIpc) is 2.00. The van der Waals surface area contributed by atoms with Crippen molar-refractivity contribution in [3.8, 4) is 0 Å². The molecule has 0 bridgehead atoms. The molecule has 1 saturated heterocycles. The third kappa shape index (κ3) is 1.61. The van der Waals surface area contributed by atoms with E-state index in [2.05, 4.69) is 23.8 Å². The second-order valence-corrected chi connectivity index (χ2v) is 4.22. The van der Waals surface area contributed by atoms with E-state index in [9.17, 15) is 4.39 Å². The Balaban J connectivity index is 2.11. The van der Waals surface area contributed by atoms with Gasteiger partial charge < -0.3 is 4.90 Å². The molecule has 0 amide bonds. The van der Waals surface area contributed by atoms with Crippen molar-refractivity contribution in [3.63, 3.8) is 0 Å². The molecule has 0 aliphatic carbocycles. The molecule has 1 aliphatic rings. The quantitative estimate of drug-likeness (QED) is 0.614. The Labute approximate surface area is 76.6 Å². The van der Waals surface area contributed by atoms with Crippen LogP contribution in [0.2, 0.25) is 0 Å². The maximum absolute atomic E-state index is 12.7. The number of hydrogen-bond donors (Lipinski definition) is 0. The first-order chi connectivity index (χ1) is 6.07. The molecule has 1 fully saturated rings. The van der Waals surface area contributed by atoms with Crippen LogP contribution in [0.1, 0.15) is 13.8 Å². The molecule has 0 unspecified atom stereocenters. The van der Waals surface area contributed by atoms with Crippen LogP contribution in [0.5, 0.6) is 0 Å². The predicted molar refractivity (Wildman–Crippen MR) is 48.0 cm³/mol. The first-order valence-electron chi connectivity index (χ1n) is 4.29. The molecular formula is C9H12FN3. The molecule has 0 spiro atoms. The van der Waals surface area contributed by atoms with Crippen molar-refractivity contribution in [2.24, 2.45) is 5.41 Å². The number of rotatable bonds is 1. The third-order valence-electron chi connectivity index (χ3n) is 2.18. The lowest BCUT2D eigenvalue weighted by molar-refractivity contribution is 0.274. The Bertz CT molecular complexity index is 316. The van der Waals surface area contributed by atoms with Crippen LogP contribution in [0.3, 0.4) is 0 Å². The van der Waals surface area contributed by atoms with Gasteiger partial charge in [-0.2, -0.15) is 4.39 Å². The Kier molecular flexibility index (Phi) is 1.71. The van der Waals surface area contributed by atoms with Gasteiger partial charge in [0.25, 0.3) is 0 Å². The summed E-state index contributed by atoms with van der Waals surface area (Å²) in [6.45, 7) is 6.23. The van der Waals surface area contributed by atoms with Gasteiger partial charge in [0.15, 0.2) is 0 Å². The molecule has 1 aromatic rings. The van der Waals surface area contributed by atoms with Crippen molar-refractivity contribution in [1.29, 1.82) is 0 Å². The van der Waals surface area contributed by atoms with Gasteiger partial charge in [-0.1, -0.05) is 13.8 Å². The number of hydrogen-bond acceptors (Lipinski definition) is 3. The first kappa shape index (κ1) is 8.41. The minimum absolute atomic E-state index is 0.335. The molecule has 13 heavy (non-hydrogen) atoms. The molecule has 1 aromatic heterocycles. The minimum Gasteiger partial charge on any atom is -0.355 e. The summed E-state index contributed by atoms with van der Waals surface area (Å²) < 4.78 is 12.7. The van der Waals surface area contributed by atoms with E-state index in [-0.39, 0.29) is 0 Å². The molecule has 0 atom stereocenters. The van der Waals surface area contributed by atoms with Gasteiger partial charge in [0.2, 0.25) is 5.95 Å². The van der Waals surface area contributed by atoms with Crippen LogP contribution >= 0.6 is 0 Å².